The summed E-state index contributed by atoms with van der Waals surface area (Å²) in [5, 5.41) is 0. The van der Waals surface area contributed by atoms with Crippen LogP contribution < -0.4 is 21.1 Å². The Labute approximate surface area is 158 Å². The number of hydrogen-bond acceptors (Lipinski definition) is 4. The first-order valence-corrected chi connectivity index (χ1v) is 8.11. The van der Waals surface area contributed by atoms with Gasteiger partial charge >= 0.3 is 6.18 Å². The number of alkyl halides is 3. The van der Waals surface area contributed by atoms with Gasteiger partial charge in [0, 0.05) is 12.3 Å². The van der Waals surface area contributed by atoms with Gasteiger partial charge < -0.3 is 9.30 Å². The summed E-state index contributed by atoms with van der Waals surface area (Å²) in [7, 11) is 0. The number of amides is 2. The Balaban J connectivity index is 1.87. The molecule has 1 aromatic heterocycles. The fourth-order valence-electron chi connectivity index (χ4n) is 2.36. The van der Waals surface area contributed by atoms with Crippen LogP contribution in [0.1, 0.15) is 16.7 Å². The Morgan fingerprint density at radius 1 is 1.04 bits per heavy atom. The zero-order chi connectivity index (χ0) is 20.9. The van der Waals surface area contributed by atoms with Crippen molar-refractivity contribution in [1.29, 1.82) is 0 Å². The fourth-order valence-corrected chi connectivity index (χ4v) is 2.36. The molecule has 2 N–H and O–H groups in total. The van der Waals surface area contributed by atoms with Gasteiger partial charge in [0.25, 0.3) is 17.4 Å². The molecule has 28 heavy (non-hydrogen) atoms. The van der Waals surface area contributed by atoms with Crippen LogP contribution in [-0.4, -0.2) is 23.0 Å². The summed E-state index contributed by atoms with van der Waals surface area (Å²) in [5.41, 5.74) is 4.14. The van der Waals surface area contributed by atoms with Gasteiger partial charge in [0.1, 0.15) is 12.3 Å². The van der Waals surface area contributed by atoms with Crippen LogP contribution in [0.25, 0.3) is 0 Å². The largest absolute Gasteiger partial charge is 0.484 e. The molecular formula is C18H18F3N3O4. The van der Waals surface area contributed by atoms with E-state index in [-0.39, 0.29) is 6.61 Å². The van der Waals surface area contributed by atoms with Crippen molar-refractivity contribution in [1.82, 2.24) is 15.4 Å². The summed E-state index contributed by atoms with van der Waals surface area (Å²) >= 11 is 0. The van der Waals surface area contributed by atoms with E-state index in [0.29, 0.717) is 28.6 Å². The summed E-state index contributed by atoms with van der Waals surface area (Å²) < 4.78 is 43.9. The normalized spacial score (nSPS) is 11.0. The van der Waals surface area contributed by atoms with E-state index in [9.17, 15) is 27.6 Å². The second kappa shape index (κ2) is 8.59. The topological polar surface area (TPSA) is 89.4 Å². The molecule has 0 spiro atoms. The average molecular weight is 397 g/mol. The summed E-state index contributed by atoms with van der Waals surface area (Å²) in [4.78, 5) is 35.1. The lowest BCUT2D eigenvalue weighted by Crippen LogP contribution is -2.45. The molecule has 0 saturated heterocycles. The van der Waals surface area contributed by atoms with Gasteiger partial charge in [-0.3, -0.25) is 25.2 Å². The van der Waals surface area contributed by atoms with Gasteiger partial charge in [-0.05, 0) is 43.2 Å². The number of halogens is 3. The number of benzene rings is 1. The molecule has 2 amide bonds. The van der Waals surface area contributed by atoms with E-state index in [1.54, 1.807) is 12.1 Å². The molecule has 2 aromatic rings. The standard InChI is InChI=1S/C18H18F3N3O4/c1-11-5-12(2)7-14(6-11)28-10-16(26)23-22-15(25)9-24-8-13(18(19,20)21)3-4-17(24)27/h3-8H,9-10H2,1-2H3,(H,22,25)(H,23,26). The minimum Gasteiger partial charge on any atom is -0.484 e. The minimum atomic E-state index is -4.65. The predicted molar refractivity (Wildman–Crippen MR) is 93.4 cm³/mol. The second-order valence-electron chi connectivity index (χ2n) is 6.09. The monoisotopic (exact) mass is 397 g/mol. The van der Waals surface area contributed by atoms with E-state index in [1.807, 2.05) is 25.3 Å². The van der Waals surface area contributed by atoms with Crippen LogP contribution in [0.15, 0.2) is 41.3 Å². The third kappa shape index (κ3) is 6.15. The first-order valence-electron chi connectivity index (χ1n) is 8.11. The van der Waals surface area contributed by atoms with Crippen molar-refractivity contribution in [2.24, 2.45) is 0 Å². The van der Waals surface area contributed by atoms with Crippen molar-refractivity contribution in [2.75, 3.05) is 6.61 Å². The quantitative estimate of drug-likeness (QED) is 0.752. The van der Waals surface area contributed by atoms with Crippen LogP contribution in [0.5, 0.6) is 5.75 Å². The zero-order valence-corrected chi connectivity index (χ0v) is 15.1. The highest BCUT2D eigenvalue weighted by molar-refractivity contribution is 5.82. The number of aromatic nitrogens is 1. The molecule has 0 aliphatic heterocycles. The van der Waals surface area contributed by atoms with E-state index in [4.69, 9.17) is 4.74 Å². The number of carbonyl (C=O) groups excluding carboxylic acids is 2. The third-order valence-electron chi connectivity index (χ3n) is 3.53. The molecule has 10 heteroatoms. The molecule has 1 heterocycles. The van der Waals surface area contributed by atoms with Gasteiger partial charge in [-0.1, -0.05) is 6.07 Å². The number of hydrazine groups is 1. The molecule has 0 fully saturated rings. The van der Waals surface area contributed by atoms with E-state index >= 15 is 0 Å². The highest BCUT2D eigenvalue weighted by atomic mass is 19.4. The van der Waals surface area contributed by atoms with Gasteiger partial charge in [-0.25, -0.2) is 0 Å². The van der Waals surface area contributed by atoms with Gasteiger partial charge in [-0.15, -0.1) is 0 Å². The summed E-state index contributed by atoms with van der Waals surface area (Å²) in [5.74, 6) is -1.07. The van der Waals surface area contributed by atoms with Crippen molar-refractivity contribution in [3.63, 3.8) is 0 Å². The molecule has 0 radical (unpaired) electrons. The number of rotatable bonds is 5. The number of hydrogen-bond donors (Lipinski definition) is 2. The SMILES string of the molecule is Cc1cc(C)cc(OCC(=O)NNC(=O)Cn2cc(C(F)(F)F)ccc2=O)c1. The molecule has 7 nitrogen and oxygen atoms in total. The van der Waals surface area contributed by atoms with Gasteiger partial charge in [0.2, 0.25) is 0 Å². The van der Waals surface area contributed by atoms with Crippen LogP contribution in [0.3, 0.4) is 0 Å². The van der Waals surface area contributed by atoms with Crippen LogP contribution in [-0.2, 0) is 22.3 Å². The van der Waals surface area contributed by atoms with Crippen molar-refractivity contribution in [3.05, 3.63) is 63.6 Å². The third-order valence-corrected chi connectivity index (χ3v) is 3.53. The van der Waals surface area contributed by atoms with Crippen LogP contribution in [0, 0.1) is 13.8 Å². The van der Waals surface area contributed by atoms with E-state index in [2.05, 4.69) is 5.43 Å². The van der Waals surface area contributed by atoms with Crippen molar-refractivity contribution in [3.8, 4) is 5.75 Å². The van der Waals surface area contributed by atoms with E-state index in [0.717, 1.165) is 11.1 Å². The molecule has 1 aromatic carbocycles. The molecule has 0 bridgehead atoms. The Bertz CT molecular complexity index is 918. The number of pyridine rings is 1. The maximum atomic E-state index is 12.7. The predicted octanol–water partition coefficient (Wildman–Crippen LogP) is 1.71. The highest BCUT2D eigenvalue weighted by Gasteiger charge is 2.31. The average Bonchev–Trinajstić information content (AvgIpc) is 2.58. The molecule has 0 unspecified atom stereocenters. The highest BCUT2D eigenvalue weighted by Crippen LogP contribution is 2.27. The van der Waals surface area contributed by atoms with Crippen molar-refractivity contribution < 1.29 is 27.5 Å². The fraction of sp³-hybridized carbons (Fsp3) is 0.278. The summed E-state index contributed by atoms with van der Waals surface area (Å²) in [6.07, 6.45) is -4.11. The number of nitrogens with zero attached hydrogens (tertiary/aromatic N) is 1. The Hall–Kier alpha value is -3.30. The van der Waals surface area contributed by atoms with E-state index in [1.165, 1.54) is 0 Å². The van der Waals surface area contributed by atoms with Crippen molar-refractivity contribution in [2.45, 2.75) is 26.6 Å². The van der Waals surface area contributed by atoms with Gasteiger partial charge in [0.05, 0.1) is 5.56 Å². The molecule has 2 rings (SSSR count). The Morgan fingerprint density at radius 2 is 1.64 bits per heavy atom. The van der Waals surface area contributed by atoms with Gasteiger partial charge in [0.15, 0.2) is 6.61 Å². The maximum absolute atomic E-state index is 12.7. The number of ether oxygens (including phenoxy) is 1. The molecule has 0 aliphatic rings. The molecular weight excluding hydrogens is 379 g/mol. The molecule has 150 valence electrons. The van der Waals surface area contributed by atoms with Crippen molar-refractivity contribution >= 4 is 11.8 Å². The smallest absolute Gasteiger partial charge is 0.417 e. The number of carbonyl (C=O) groups is 2. The first-order chi connectivity index (χ1) is 13.0. The lowest BCUT2D eigenvalue weighted by Gasteiger charge is -2.12. The summed E-state index contributed by atoms with van der Waals surface area (Å²) in [6.45, 7) is 2.67. The lowest BCUT2D eigenvalue weighted by molar-refractivity contribution is -0.138. The summed E-state index contributed by atoms with van der Waals surface area (Å²) in [6, 6.07) is 6.75. The second-order valence-corrected chi connectivity index (χ2v) is 6.09. The van der Waals surface area contributed by atoms with Crippen LogP contribution >= 0.6 is 0 Å². The minimum absolute atomic E-state index is 0.382. The van der Waals surface area contributed by atoms with Crippen LogP contribution in [0.2, 0.25) is 0 Å². The molecule has 0 atom stereocenters. The Morgan fingerprint density at radius 3 is 2.25 bits per heavy atom. The number of nitrogens with one attached hydrogen (secondary N) is 2. The van der Waals surface area contributed by atoms with Gasteiger partial charge in [-0.2, -0.15) is 13.2 Å². The number of aryl methyl sites for hydroxylation is 2. The lowest BCUT2D eigenvalue weighted by atomic mass is 10.1. The van der Waals surface area contributed by atoms with E-state index < -0.39 is 35.7 Å². The zero-order valence-electron chi connectivity index (χ0n) is 15.1. The molecule has 0 saturated carbocycles. The van der Waals surface area contributed by atoms with Crippen LogP contribution in [0.4, 0.5) is 13.2 Å². The maximum Gasteiger partial charge on any atom is 0.417 e. The molecule has 0 aliphatic carbocycles. The first kappa shape index (κ1) is 21.0. The Kier molecular flexibility index (Phi) is 6.45.